The average Bonchev–Trinajstić information content (AvgIpc) is 3.06. The van der Waals surface area contributed by atoms with Crippen molar-refractivity contribution >= 4 is 26.8 Å². The van der Waals surface area contributed by atoms with Gasteiger partial charge in [0.25, 0.3) is 0 Å². The fourth-order valence-corrected chi connectivity index (χ4v) is 7.06. The number of aromatic nitrogens is 1. The van der Waals surface area contributed by atoms with Crippen LogP contribution in [0.2, 0.25) is 0 Å². The van der Waals surface area contributed by atoms with Crippen molar-refractivity contribution in [2.45, 2.75) is 5.41 Å². The molecule has 0 aliphatic heterocycles. The number of hydrogen-bond acceptors (Lipinski definition) is 1. The minimum Gasteiger partial charge on any atom is -0.248 e. The second-order valence-electron chi connectivity index (χ2n) is 10.9. The molecule has 0 spiro atoms. The molecular formula is C40H26BrN. The smallest absolute Gasteiger partial charge is 0.0719 e. The number of nitrogens with zero attached hydrogens (tertiary/aromatic N) is 1. The lowest BCUT2D eigenvalue weighted by molar-refractivity contribution is 0.749. The molecule has 1 nitrogen and oxygen atoms in total. The van der Waals surface area contributed by atoms with E-state index in [0.717, 1.165) is 21.2 Å². The fourth-order valence-electron chi connectivity index (χ4n) is 6.79. The topological polar surface area (TPSA) is 12.9 Å². The molecule has 0 bridgehead atoms. The summed E-state index contributed by atoms with van der Waals surface area (Å²) in [6.45, 7) is 0. The molecule has 8 rings (SSSR count). The molecule has 0 fully saturated rings. The Kier molecular flexibility index (Phi) is 5.91. The quantitative estimate of drug-likeness (QED) is 0.196. The van der Waals surface area contributed by atoms with E-state index in [2.05, 4.69) is 174 Å². The van der Waals surface area contributed by atoms with Gasteiger partial charge in [0, 0.05) is 15.4 Å². The van der Waals surface area contributed by atoms with Crippen LogP contribution in [-0.4, -0.2) is 4.98 Å². The van der Waals surface area contributed by atoms with Crippen LogP contribution in [0, 0.1) is 0 Å². The summed E-state index contributed by atoms with van der Waals surface area (Å²) < 4.78 is 1.08. The van der Waals surface area contributed by atoms with Gasteiger partial charge in [-0.15, -0.1) is 0 Å². The molecular weight excluding hydrogens is 574 g/mol. The van der Waals surface area contributed by atoms with Gasteiger partial charge in [0.05, 0.1) is 16.6 Å². The van der Waals surface area contributed by atoms with Gasteiger partial charge in [0.15, 0.2) is 0 Å². The number of hydrogen-bond donors (Lipinski definition) is 0. The van der Waals surface area contributed by atoms with Crippen molar-refractivity contribution in [3.8, 4) is 33.5 Å². The van der Waals surface area contributed by atoms with Crippen molar-refractivity contribution < 1.29 is 0 Å². The van der Waals surface area contributed by atoms with Crippen molar-refractivity contribution in [1.82, 2.24) is 4.98 Å². The maximum absolute atomic E-state index is 5.28. The Labute approximate surface area is 254 Å². The van der Waals surface area contributed by atoms with Crippen LogP contribution in [0.5, 0.6) is 0 Å². The second-order valence-corrected chi connectivity index (χ2v) is 11.8. The maximum atomic E-state index is 5.28. The van der Waals surface area contributed by atoms with Gasteiger partial charge in [-0.1, -0.05) is 149 Å². The lowest BCUT2D eigenvalue weighted by Gasteiger charge is -2.42. The number of pyridine rings is 1. The molecule has 0 atom stereocenters. The summed E-state index contributed by atoms with van der Waals surface area (Å²) in [4.78, 5) is 5.28. The lowest BCUT2D eigenvalue weighted by atomic mass is 9.60. The molecule has 0 N–H and O–H groups in total. The third-order valence-electron chi connectivity index (χ3n) is 8.63. The van der Waals surface area contributed by atoms with Crippen molar-refractivity contribution in [2.75, 3.05) is 0 Å². The standard InChI is InChI=1S/C40H26BrN/c41-32-24-22-28(23-25-32)27-18-20-29(21-19-27)38-26-34-33-14-7-8-15-35(33)40(30-10-3-1-4-11-30,31-12-5-2-6-13-31)36-16-9-17-37(42-38)39(34)36/h1-26H. The Morgan fingerprint density at radius 3 is 1.67 bits per heavy atom. The first kappa shape index (κ1) is 25.0. The van der Waals surface area contributed by atoms with Gasteiger partial charge in [-0.05, 0) is 68.8 Å². The highest BCUT2D eigenvalue weighted by molar-refractivity contribution is 9.10. The lowest BCUT2D eigenvalue weighted by Crippen LogP contribution is -2.33. The van der Waals surface area contributed by atoms with Crippen molar-refractivity contribution in [3.63, 3.8) is 0 Å². The summed E-state index contributed by atoms with van der Waals surface area (Å²) in [5, 5.41) is 1.22. The van der Waals surface area contributed by atoms with Gasteiger partial charge in [-0.3, -0.25) is 0 Å². The summed E-state index contributed by atoms with van der Waals surface area (Å²) in [6.07, 6.45) is 0. The zero-order chi connectivity index (χ0) is 28.1. The number of rotatable bonds is 4. The molecule has 1 aromatic heterocycles. The van der Waals surface area contributed by atoms with Crippen molar-refractivity contribution in [1.29, 1.82) is 0 Å². The number of benzene rings is 6. The Morgan fingerprint density at radius 1 is 0.452 bits per heavy atom. The van der Waals surface area contributed by atoms with Crippen LogP contribution in [0.25, 0.3) is 44.4 Å². The van der Waals surface area contributed by atoms with Gasteiger partial charge < -0.3 is 0 Å². The highest BCUT2D eigenvalue weighted by Crippen LogP contribution is 2.55. The molecule has 1 aliphatic carbocycles. The van der Waals surface area contributed by atoms with Crippen molar-refractivity contribution in [2.24, 2.45) is 0 Å². The van der Waals surface area contributed by atoms with Gasteiger partial charge in [-0.25, -0.2) is 4.98 Å². The minimum absolute atomic E-state index is 0.457. The van der Waals surface area contributed by atoms with Crippen LogP contribution in [-0.2, 0) is 5.41 Å². The predicted molar refractivity (Wildman–Crippen MR) is 178 cm³/mol. The normalized spacial score (nSPS) is 13.1. The molecule has 0 amide bonds. The molecule has 0 saturated carbocycles. The minimum atomic E-state index is -0.457. The molecule has 0 saturated heterocycles. The van der Waals surface area contributed by atoms with Crippen LogP contribution in [0.15, 0.2) is 162 Å². The van der Waals surface area contributed by atoms with Crippen LogP contribution in [0.4, 0.5) is 0 Å². The summed E-state index contributed by atoms with van der Waals surface area (Å²) in [7, 11) is 0. The number of fused-ring (bicyclic) bond motifs is 2. The van der Waals surface area contributed by atoms with Crippen LogP contribution >= 0.6 is 15.9 Å². The van der Waals surface area contributed by atoms with Crippen molar-refractivity contribution in [3.05, 3.63) is 184 Å². The largest absolute Gasteiger partial charge is 0.248 e. The second kappa shape index (κ2) is 9.94. The molecule has 6 aromatic carbocycles. The molecule has 1 aliphatic rings. The molecule has 2 heteroatoms. The Hall–Kier alpha value is -4.79. The highest BCUT2D eigenvalue weighted by Gasteiger charge is 2.44. The van der Waals surface area contributed by atoms with E-state index >= 15 is 0 Å². The Bertz CT molecular complexity index is 2020. The van der Waals surface area contributed by atoms with E-state index < -0.39 is 5.41 Å². The Morgan fingerprint density at radius 2 is 1.00 bits per heavy atom. The third-order valence-corrected chi connectivity index (χ3v) is 9.16. The highest BCUT2D eigenvalue weighted by atomic mass is 79.9. The van der Waals surface area contributed by atoms with E-state index in [4.69, 9.17) is 4.98 Å². The summed E-state index contributed by atoms with van der Waals surface area (Å²) in [5.41, 5.74) is 12.6. The van der Waals surface area contributed by atoms with Crippen LogP contribution < -0.4 is 0 Å². The van der Waals surface area contributed by atoms with Gasteiger partial charge in [0.1, 0.15) is 0 Å². The van der Waals surface area contributed by atoms with E-state index in [0.29, 0.717) is 0 Å². The molecule has 0 radical (unpaired) electrons. The molecule has 1 heterocycles. The Balaban J connectivity index is 1.39. The molecule has 42 heavy (non-hydrogen) atoms. The first-order valence-electron chi connectivity index (χ1n) is 14.2. The molecule has 0 unspecified atom stereocenters. The number of halogens is 1. The van der Waals surface area contributed by atoms with E-state index in [9.17, 15) is 0 Å². The fraction of sp³-hybridized carbons (Fsp3) is 0.0250. The van der Waals surface area contributed by atoms with E-state index in [-0.39, 0.29) is 0 Å². The molecule has 198 valence electrons. The SMILES string of the molecule is Brc1ccc(-c2ccc(-c3cc4c5c(cccc5n3)C(c3ccccc3)(c3ccccc3)c3ccccc3-4)cc2)cc1. The third kappa shape index (κ3) is 3.79. The van der Waals surface area contributed by atoms with Crippen LogP contribution in [0.1, 0.15) is 22.3 Å². The first-order valence-corrected chi connectivity index (χ1v) is 15.0. The van der Waals surface area contributed by atoms with E-state index in [1.54, 1.807) is 0 Å². The van der Waals surface area contributed by atoms with Gasteiger partial charge >= 0.3 is 0 Å². The summed E-state index contributed by atoms with van der Waals surface area (Å²) in [5.74, 6) is 0. The van der Waals surface area contributed by atoms with Gasteiger partial charge in [-0.2, -0.15) is 0 Å². The monoisotopic (exact) mass is 599 g/mol. The van der Waals surface area contributed by atoms with Gasteiger partial charge in [0.2, 0.25) is 0 Å². The average molecular weight is 601 g/mol. The first-order chi connectivity index (χ1) is 20.7. The summed E-state index contributed by atoms with van der Waals surface area (Å²) >= 11 is 3.54. The zero-order valence-corrected chi connectivity index (χ0v) is 24.4. The molecule has 7 aromatic rings. The summed E-state index contributed by atoms with van der Waals surface area (Å²) in [6, 6.07) is 56.9. The van der Waals surface area contributed by atoms with E-state index in [1.165, 1.54) is 49.9 Å². The van der Waals surface area contributed by atoms with Crippen LogP contribution in [0.3, 0.4) is 0 Å². The van der Waals surface area contributed by atoms with E-state index in [1.807, 2.05) is 0 Å². The zero-order valence-electron chi connectivity index (χ0n) is 22.8. The maximum Gasteiger partial charge on any atom is 0.0719 e. The predicted octanol–water partition coefficient (Wildman–Crippen LogP) is 10.7.